The molecular formula is C18H22ClFN4O3. The van der Waals surface area contributed by atoms with Gasteiger partial charge in [-0.25, -0.2) is 14.2 Å². The topological polar surface area (TPSA) is 101 Å². The Kier molecular flexibility index (Phi) is 5.14. The molecule has 2 fully saturated rings. The van der Waals surface area contributed by atoms with Crippen molar-refractivity contribution >= 4 is 35.2 Å². The number of pyridine rings is 2. The first-order chi connectivity index (χ1) is 12.4. The average molecular weight is 397 g/mol. The molecule has 0 aromatic carbocycles. The molecule has 2 unspecified atom stereocenters. The molecule has 3 heterocycles. The van der Waals surface area contributed by atoms with Crippen LogP contribution in [0, 0.1) is 11.7 Å². The third-order valence-electron chi connectivity index (χ3n) is 5.43. The van der Waals surface area contributed by atoms with Crippen molar-refractivity contribution in [2.45, 2.75) is 38.3 Å². The zero-order chi connectivity index (χ0) is 18.6. The second kappa shape index (κ2) is 7.09. The predicted octanol–water partition coefficient (Wildman–Crippen LogP) is 2.16. The van der Waals surface area contributed by atoms with Crippen molar-refractivity contribution in [1.29, 1.82) is 0 Å². The fourth-order valence-electron chi connectivity index (χ4n) is 3.74. The van der Waals surface area contributed by atoms with E-state index in [1.165, 1.54) is 6.20 Å². The number of carbonyl (C=O) groups is 1. The lowest BCUT2D eigenvalue weighted by Gasteiger charge is -2.20. The fourth-order valence-corrected chi connectivity index (χ4v) is 3.74. The molecule has 0 spiro atoms. The Labute approximate surface area is 161 Å². The zero-order valence-electron chi connectivity index (χ0n) is 14.9. The number of carboxylic acid groups (broad SMARTS) is 1. The van der Waals surface area contributed by atoms with Gasteiger partial charge in [-0.15, -0.1) is 12.4 Å². The summed E-state index contributed by atoms with van der Waals surface area (Å²) in [7, 11) is 0. The van der Waals surface area contributed by atoms with Crippen LogP contribution in [0.25, 0.3) is 11.0 Å². The number of aromatic nitrogens is 2. The van der Waals surface area contributed by atoms with Crippen LogP contribution >= 0.6 is 12.4 Å². The molecule has 1 saturated carbocycles. The number of aromatic carboxylic acids is 1. The Balaban J connectivity index is 0.00000210. The van der Waals surface area contributed by atoms with Gasteiger partial charge in [0.1, 0.15) is 11.2 Å². The number of rotatable bonds is 4. The lowest BCUT2D eigenvalue weighted by Crippen LogP contribution is -2.30. The minimum Gasteiger partial charge on any atom is -0.477 e. The van der Waals surface area contributed by atoms with E-state index in [0.29, 0.717) is 18.7 Å². The predicted molar refractivity (Wildman–Crippen MR) is 102 cm³/mol. The number of nitrogens with zero attached hydrogens (tertiary/aromatic N) is 3. The highest BCUT2D eigenvalue weighted by Gasteiger charge is 2.33. The SMILES string of the molecule is CCC1CN(c2nc3c(cc2F)c(=O)c(C(=O)O)cn3C2CC2)CC1N.Cl. The lowest BCUT2D eigenvalue weighted by molar-refractivity contribution is 0.0695. The second-order valence-corrected chi connectivity index (χ2v) is 7.22. The van der Waals surface area contributed by atoms with Crippen molar-refractivity contribution in [1.82, 2.24) is 9.55 Å². The van der Waals surface area contributed by atoms with E-state index in [1.54, 1.807) is 4.57 Å². The molecule has 3 N–H and O–H groups in total. The summed E-state index contributed by atoms with van der Waals surface area (Å²) in [6.45, 7) is 3.18. The Morgan fingerprint density at radius 3 is 2.67 bits per heavy atom. The van der Waals surface area contributed by atoms with Crippen LogP contribution in [0.1, 0.15) is 42.6 Å². The van der Waals surface area contributed by atoms with Gasteiger partial charge in [-0.05, 0) is 24.8 Å². The molecule has 7 nitrogen and oxygen atoms in total. The monoisotopic (exact) mass is 396 g/mol. The third-order valence-corrected chi connectivity index (χ3v) is 5.43. The van der Waals surface area contributed by atoms with Crippen LogP contribution in [0.2, 0.25) is 0 Å². The van der Waals surface area contributed by atoms with Gasteiger partial charge < -0.3 is 20.3 Å². The average Bonchev–Trinajstić information content (AvgIpc) is 3.37. The van der Waals surface area contributed by atoms with Gasteiger partial charge in [-0.3, -0.25) is 4.79 Å². The van der Waals surface area contributed by atoms with Crippen molar-refractivity contribution in [2.75, 3.05) is 18.0 Å². The Bertz CT molecular complexity index is 960. The maximum atomic E-state index is 14.8. The Hall–Kier alpha value is -2.19. The minimum absolute atomic E-state index is 0. The maximum absolute atomic E-state index is 14.8. The highest BCUT2D eigenvalue weighted by atomic mass is 35.5. The van der Waals surface area contributed by atoms with Gasteiger partial charge >= 0.3 is 5.97 Å². The summed E-state index contributed by atoms with van der Waals surface area (Å²) >= 11 is 0. The first kappa shape index (κ1) is 19.6. The summed E-state index contributed by atoms with van der Waals surface area (Å²) in [5.74, 6) is -1.48. The van der Waals surface area contributed by atoms with E-state index in [-0.39, 0.29) is 47.2 Å². The standard InChI is InChI=1S/C18H21FN4O3.ClH/c1-2-9-6-22(8-14(9)20)17-13(19)5-11-15(24)12(18(25)26)7-23(10-3-4-10)16(11)21-17;/h5,7,9-10,14H,2-4,6,8,20H2,1H3,(H,25,26);1H. The molecule has 4 rings (SSSR count). The highest BCUT2D eigenvalue weighted by molar-refractivity contribution is 5.92. The van der Waals surface area contributed by atoms with Crippen molar-refractivity contribution in [3.8, 4) is 0 Å². The lowest BCUT2D eigenvalue weighted by atomic mass is 10.0. The largest absolute Gasteiger partial charge is 0.477 e. The molecule has 2 atom stereocenters. The van der Waals surface area contributed by atoms with E-state index >= 15 is 0 Å². The van der Waals surface area contributed by atoms with Crippen LogP contribution in [0.4, 0.5) is 10.2 Å². The van der Waals surface area contributed by atoms with Crippen molar-refractivity contribution in [3.63, 3.8) is 0 Å². The normalized spacial score (nSPS) is 22.1. The molecule has 2 aromatic rings. The van der Waals surface area contributed by atoms with Crippen LogP contribution in [-0.2, 0) is 0 Å². The zero-order valence-corrected chi connectivity index (χ0v) is 15.7. The molecule has 1 aliphatic carbocycles. The van der Waals surface area contributed by atoms with Gasteiger partial charge in [0.25, 0.3) is 0 Å². The van der Waals surface area contributed by atoms with Crippen molar-refractivity contribution < 1.29 is 14.3 Å². The van der Waals surface area contributed by atoms with Gasteiger partial charge in [0.05, 0.1) is 5.39 Å². The summed E-state index contributed by atoms with van der Waals surface area (Å²) in [5.41, 5.74) is 5.42. The van der Waals surface area contributed by atoms with Crippen LogP contribution in [-0.4, -0.2) is 39.8 Å². The number of nitrogens with two attached hydrogens (primary N) is 1. The molecule has 1 saturated heterocycles. The molecule has 0 radical (unpaired) electrons. The second-order valence-electron chi connectivity index (χ2n) is 7.22. The van der Waals surface area contributed by atoms with E-state index in [4.69, 9.17) is 5.73 Å². The number of hydrogen-bond acceptors (Lipinski definition) is 5. The molecule has 1 aliphatic heterocycles. The van der Waals surface area contributed by atoms with Crippen molar-refractivity contribution in [3.05, 3.63) is 33.9 Å². The van der Waals surface area contributed by atoms with E-state index in [2.05, 4.69) is 11.9 Å². The molecular weight excluding hydrogens is 375 g/mol. The maximum Gasteiger partial charge on any atom is 0.341 e. The van der Waals surface area contributed by atoms with E-state index in [0.717, 1.165) is 25.3 Å². The summed E-state index contributed by atoms with van der Waals surface area (Å²) < 4.78 is 16.5. The number of hydrogen-bond donors (Lipinski definition) is 2. The third kappa shape index (κ3) is 3.27. The molecule has 0 bridgehead atoms. The van der Waals surface area contributed by atoms with E-state index in [9.17, 15) is 19.1 Å². The summed E-state index contributed by atoms with van der Waals surface area (Å²) in [4.78, 5) is 30.1. The molecule has 9 heteroatoms. The summed E-state index contributed by atoms with van der Waals surface area (Å²) in [5, 5.41) is 9.29. The smallest absolute Gasteiger partial charge is 0.341 e. The molecule has 27 heavy (non-hydrogen) atoms. The molecule has 146 valence electrons. The quantitative estimate of drug-likeness (QED) is 0.821. The van der Waals surface area contributed by atoms with Crippen LogP contribution in [0.15, 0.2) is 17.1 Å². The number of carboxylic acids is 1. The van der Waals surface area contributed by atoms with Crippen LogP contribution in [0.5, 0.6) is 0 Å². The van der Waals surface area contributed by atoms with Crippen LogP contribution in [0.3, 0.4) is 0 Å². The number of fused-ring (bicyclic) bond motifs is 1. The molecule has 2 aliphatic rings. The van der Waals surface area contributed by atoms with Gasteiger partial charge in [0.2, 0.25) is 5.43 Å². The van der Waals surface area contributed by atoms with Crippen LogP contribution < -0.4 is 16.1 Å². The van der Waals surface area contributed by atoms with Gasteiger partial charge in [-0.1, -0.05) is 13.3 Å². The first-order valence-electron chi connectivity index (χ1n) is 8.90. The van der Waals surface area contributed by atoms with Crippen molar-refractivity contribution in [2.24, 2.45) is 11.7 Å². The molecule has 0 amide bonds. The number of anilines is 1. The van der Waals surface area contributed by atoms with E-state index < -0.39 is 17.2 Å². The minimum atomic E-state index is -1.31. The van der Waals surface area contributed by atoms with Gasteiger partial charge in [-0.2, -0.15) is 0 Å². The van der Waals surface area contributed by atoms with Gasteiger partial charge in [0, 0.05) is 31.4 Å². The Morgan fingerprint density at radius 1 is 1.41 bits per heavy atom. The highest BCUT2D eigenvalue weighted by Crippen LogP contribution is 2.37. The first-order valence-corrected chi connectivity index (χ1v) is 8.90. The number of halogens is 2. The Morgan fingerprint density at radius 2 is 2.11 bits per heavy atom. The summed E-state index contributed by atoms with van der Waals surface area (Å²) in [6, 6.07) is 1.18. The summed E-state index contributed by atoms with van der Waals surface area (Å²) in [6.07, 6.45) is 4.02. The van der Waals surface area contributed by atoms with Gasteiger partial charge in [0.15, 0.2) is 11.6 Å². The molecule has 2 aromatic heterocycles. The fraction of sp³-hybridized carbons (Fsp3) is 0.500. The van der Waals surface area contributed by atoms with E-state index in [1.807, 2.05) is 4.90 Å².